The van der Waals surface area contributed by atoms with Gasteiger partial charge in [-0.2, -0.15) is 5.26 Å². The monoisotopic (exact) mass is 148 g/mol. The molecule has 0 aliphatic carbocycles. The van der Waals surface area contributed by atoms with Crippen molar-refractivity contribution in [1.82, 2.24) is 4.57 Å². The number of hydrogen-bond donors (Lipinski definition) is 0. The van der Waals surface area contributed by atoms with E-state index in [0.29, 0.717) is 11.3 Å². The van der Waals surface area contributed by atoms with Gasteiger partial charge in [0.2, 0.25) is 0 Å². The molecule has 11 heavy (non-hydrogen) atoms. The van der Waals surface area contributed by atoms with Gasteiger partial charge in [0.25, 0.3) is 5.56 Å². The van der Waals surface area contributed by atoms with E-state index in [2.05, 4.69) is 0 Å². The predicted octanol–water partition coefficient (Wildman–Crippen LogP) is 0.565. The molecule has 56 valence electrons. The van der Waals surface area contributed by atoms with E-state index >= 15 is 0 Å². The summed E-state index contributed by atoms with van der Waals surface area (Å²) in [5.41, 5.74) is 1.17. The van der Waals surface area contributed by atoms with Crippen LogP contribution in [0.1, 0.15) is 11.3 Å². The van der Waals surface area contributed by atoms with Gasteiger partial charge in [-0.05, 0) is 13.0 Å². The smallest absolute Gasteiger partial charge is 0.250 e. The number of pyridine rings is 1. The molecule has 0 aliphatic rings. The average molecular weight is 148 g/mol. The maximum Gasteiger partial charge on any atom is 0.250 e. The predicted molar refractivity (Wildman–Crippen MR) is 41.1 cm³/mol. The van der Waals surface area contributed by atoms with Gasteiger partial charge in [0.1, 0.15) is 6.07 Å². The zero-order chi connectivity index (χ0) is 8.43. The Morgan fingerprint density at radius 2 is 2.18 bits per heavy atom. The van der Waals surface area contributed by atoms with Gasteiger partial charge in [0, 0.05) is 18.8 Å². The van der Waals surface area contributed by atoms with Crippen LogP contribution in [0.5, 0.6) is 0 Å². The third-order valence-electron chi connectivity index (χ3n) is 1.74. The zero-order valence-electron chi connectivity index (χ0n) is 6.46. The SMILES string of the molecule is Cc1c(C#N)ccc(=O)n1C. The molecule has 3 nitrogen and oxygen atoms in total. The van der Waals surface area contributed by atoms with Crippen LogP contribution in [-0.4, -0.2) is 4.57 Å². The topological polar surface area (TPSA) is 45.8 Å². The summed E-state index contributed by atoms with van der Waals surface area (Å²) in [6, 6.07) is 4.94. The van der Waals surface area contributed by atoms with E-state index in [9.17, 15) is 4.79 Å². The maximum atomic E-state index is 11.0. The van der Waals surface area contributed by atoms with Crippen LogP contribution in [-0.2, 0) is 7.05 Å². The van der Waals surface area contributed by atoms with Crippen molar-refractivity contribution in [2.75, 3.05) is 0 Å². The summed E-state index contributed by atoms with van der Waals surface area (Å²) in [5, 5.41) is 8.57. The molecule has 1 heterocycles. The largest absolute Gasteiger partial charge is 0.315 e. The molecule has 0 aliphatic heterocycles. The molecule has 1 rings (SSSR count). The highest BCUT2D eigenvalue weighted by Gasteiger charge is 1.99. The van der Waals surface area contributed by atoms with Gasteiger partial charge < -0.3 is 4.57 Å². The first-order valence-electron chi connectivity index (χ1n) is 3.23. The number of aromatic nitrogens is 1. The third kappa shape index (κ3) is 1.15. The molecule has 0 saturated carbocycles. The Balaban J connectivity index is 3.52. The van der Waals surface area contributed by atoms with Crippen molar-refractivity contribution in [3.63, 3.8) is 0 Å². The number of rotatable bonds is 0. The van der Waals surface area contributed by atoms with Crippen molar-refractivity contribution in [2.45, 2.75) is 6.92 Å². The fourth-order valence-corrected chi connectivity index (χ4v) is 0.851. The first kappa shape index (κ1) is 7.55. The van der Waals surface area contributed by atoms with Crippen molar-refractivity contribution in [1.29, 1.82) is 5.26 Å². The summed E-state index contributed by atoms with van der Waals surface area (Å²) in [4.78, 5) is 11.0. The van der Waals surface area contributed by atoms with E-state index in [-0.39, 0.29) is 5.56 Å². The summed E-state index contributed by atoms with van der Waals surface area (Å²) in [5.74, 6) is 0. The van der Waals surface area contributed by atoms with Crippen LogP contribution >= 0.6 is 0 Å². The first-order valence-corrected chi connectivity index (χ1v) is 3.23. The lowest BCUT2D eigenvalue weighted by molar-refractivity contribution is 0.814. The van der Waals surface area contributed by atoms with Crippen LogP contribution < -0.4 is 5.56 Å². The first-order chi connectivity index (χ1) is 5.16. The Morgan fingerprint density at radius 3 is 2.73 bits per heavy atom. The van der Waals surface area contributed by atoms with Crippen molar-refractivity contribution >= 4 is 0 Å². The van der Waals surface area contributed by atoms with Crippen molar-refractivity contribution in [3.8, 4) is 6.07 Å². The molecule has 1 aromatic heterocycles. The van der Waals surface area contributed by atoms with Gasteiger partial charge in [0.15, 0.2) is 0 Å². The fraction of sp³-hybridized carbons (Fsp3) is 0.250. The Labute approximate surface area is 64.5 Å². The third-order valence-corrected chi connectivity index (χ3v) is 1.74. The molecule has 3 heteroatoms. The van der Waals surface area contributed by atoms with Gasteiger partial charge in [0.05, 0.1) is 5.56 Å². The molecule has 0 amide bonds. The van der Waals surface area contributed by atoms with Crippen LogP contribution in [0.2, 0.25) is 0 Å². The molecule has 0 unspecified atom stereocenters. The van der Waals surface area contributed by atoms with Gasteiger partial charge in [-0.1, -0.05) is 0 Å². The minimum atomic E-state index is -0.0819. The molecular formula is C8H8N2O. The van der Waals surface area contributed by atoms with E-state index < -0.39 is 0 Å². The van der Waals surface area contributed by atoms with Crippen LogP contribution in [0.15, 0.2) is 16.9 Å². The fourth-order valence-electron chi connectivity index (χ4n) is 0.851. The van der Waals surface area contributed by atoms with E-state index in [1.165, 1.54) is 16.7 Å². The molecule has 0 radical (unpaired) electrons. The lowest BCUT2D eigenvalue weighted by Crippen LogP contribution is -2.18. The minimum Gasteiger partial charge on any atom is -0.315 e. The Kier molecular flexibility index (Phi) is 1.77. The van der Waals surface area contributed by atoms with Crippen LogP contribution in [0.3, 0.4) is 0 Å². The van der Waals surface area contributed by atoms with Crippen LogP contribution in [0, 0.1) is 18.3 Å². The second-order valence-electron chi connectivity index (χ2n) is 2.34. The van der Waals surface area contributed by atoms with Crippen molar-refractivity contribution in [3.05, 3.63) is 33.7 Å². The molecule has 0 spiro atoms. The summed E-state index contributed by atoms with van der Waals surface area (Å²) in [6.45, 7) is 1.75. The van der Waals surface area contributed by atoms with Gasteiger partial charge in [-0.25, -0.2) is 0 Å². The van der Waals surface area contributed by atoms with E-state index in [0.717, 1.165) is 0 Å². The Hall–Kier alpha value is -1.56. The average Bonchev–Trinajstić information content (AvgIpc) is 2.01. The zero-order valence-corrected chi connectivity index (χ0v) is 6.46. The molecular weight excluding hydrogens is 140 g/mol. The number of nitriles is 1. The lowest BCUT2D eigenvalue weighted by Gasteiger charge is -2.02. The second kappa shape index (κ2) is 2.59. The molecule has 0 N–H and O–H groups in total. The van der Waals surface area contributed by atoms with Crippen LogP contribution in [0.4, 0.5) is 0 Å². The maximum absolute atomic E-state index is 11.0. The molecule has 0 fully saturated rings. The number of nitrogens with zero attached hydrogens (tertiary/aromatic N) is 2. The highest BCUT2D eigenvalue weighted by atomic mass is 16.1. The van der Waals surface area contributed by atoms with E-state index in [1.807, 2.05) is 6.07 Å². The minimum absolute atomic E-state index is 0.0819. The Morgan fingerprint density at radius 1 is 1.55 bits per heavy atom. The van der Waals surface area contributed by atoms with E-state index in [1.54, 1.807) is 14.0 Å². The summed E-state index contributed by atoms with van der Waals surface area (Å²) < 4.78 is 1.46. The second-order valence-corrected chi connectivity index (χ2v) is 2.34. The van der Waals surface area contributed by atoms with Gasteiger partial charge in [-0.3, -0.25) is 4.79 Å². The highest BCUT2D eigenvalue weighted by molar-refractivity contribution is 5.32. The van der Waals surface area contributed by atoms with E-state index in [4.69, 9.17) is 5.26 Å². The van der Waals surface area contributed by atoms with Gasteiger partial charge in [-0.15, -0.1) is 0 Å². The normalized spacial score (nSPS) is 9.18. The summed E-state index contributed by atoms with van der Waals surface area (Å²) >= 11 is 0. The highest BCUT2D eigenvalue weighted by Crippen LogP contribution is 2.00. The Bertz CT molecular complexity index is 371. The lowest BCUT2D eigenvalue weighted by atomic mass is 10.2. The molecule has 0 atom stereocenters. The van der Waals surface area contributed by atoms with Crippen molar-refractivity contribution < 1.29 is 0 Å². The molecule has 0 saturated heterocycles. The summed E-state index contributed by atoms with van der Waals surface area (Å²) in [7, 11) is 1.65. The molecule has 0 bridgehead atoms. The van der Waals surface area contributed by atoms with Crippen LogP contribution in [0.25, 0.3) is 0 Å². The van der Waals surface area contributed by atoms with Gasteiger partial charge >= 0.3 is 0 Å². The van der Waals surface area contributed by atoms with Crippen molar-refractivity contribution in [2.24, 2.45) is 7.05 Å². The molecule has 0 aromatic carbocycles. The summed E-state index contributed by atoms with van der Waals surface area (Å²) in [6.07, 6.45) is 0. The molecule has 1 aromatic rings. The number of hydrogen-bond acceptors (Lipinski definition) is 2. The quantitative estimate of drug-likeness (QED) is 0.539. The standard InChI is InChI=1S/C8H8N2O/c1-6-7(5-9)3-4-8(11)10(6)2/h3-4H,1-2H3.